The molecule has 44 heavy (non-hydrogen) atoms. The van der Waals surface area contributed by atoms with Crippen molar-refractivity contribution in [3.8, 4) is 6.01 Å². The Morgan fingerprint density at radius 2 is 1.98 bits per heavy atom. The molecule has 3 heterocycles. The number of carbonyl (C=O) groups excluding carboxylic acids is 3. The number of ether oxygens (including phenoxy) is 1. The summed E-state index contributed by atoms with van der Waals surface area (Å²) in [6.45, 7) is 2.93. The summed E-state index contributed by atoms with van der Waals surface area (Å²) in [6.07, 6.45) is 8.55. The molecule has 1 aromatic carbocycles. The number of amides is 2. The van der Waals surface area contributed by atoms with Crippen LogP contribution in [0.2, 0.25) is 0 Å². The van der Waals surface area contributed by atoms with Gasteiger partial charge in [-0.05, 0) is 50.2 Å². The normalized spacial score (nSPS) is 29.1. The van der Waals surface area contributed by atoms with Crippen LogP contribution < -0.4 is 15.2 Å². The Bertz CT molecular complexity index is 1540. The van der Waals surface area contributed by atoms with E-state index in [1.165, 1.54) is 19.0 Å². The van der Waals surface area contributed by atoms with Gasteiger partial charge in [0.1, 0.15) is 6.10 Å². The van der Waals surface area contributed by atoms with Crippen molar-refractivity contribution in [1.29, 1.82) is 0 Å². The topological polar surface area (TPSA) is 157 Å². The molecule has 1 saturated carbocycles. The Kier molecular flexibility index (Phi) is 9.47. The van der Waals surface area contributed by atoms with Crippen LogP contribution in [0.1, 0.15) is 64.7 Å². The number of rotatable bonds is 7. The lowest BCUT2D eigenvalue weighted by Gasteiger charge is -2.27. The van der Waals surface area contributed by atoms with Gasteiger partial charge in [0.15, 0.2) is 5.78 Å². The summed E-state index contributed by atoms with van der Waals surface area (Å²) in [5.41, 5.74) is 6.91. The van der Waals surface area contributed by atoms with E-state index in [1.807, 2.05) is 41.0 Å². The third-order valence-corrected chi connectivity index (χ3v) is 10.5. The summed E-state index contributed by atoms with van der Waals surface area (Å²) in [5.74, 6) is -1.60. The van der Waals surface area contributed by atoms with Gasteiger partial charge in [0.25, 0.3) is 6.01 Å². The van der Waals surface area contributed by atoms with Crippen molar-refractivity contribution in [1.82, 2.24) is 23.5 Å². The van der Waals surface area contributed by atoms with Crippen LogP contribution in [0, 0.1) is 11.3 Å². The second-order valence-corrected chi connectivity index (χ2v) is 14.4. The highest BCUT2D eigenvalue weighted by molar-refractivity contribution is 7.87. The summed E-state index contributed by atoms with van der Waals surface area (Å²) < 4.78 is 36.6. The van der Waals surface area contributed by atoms with E-state index in [0.29, 0.717) is 25.4 Å². The maximum absolute atomic E-state index is 14.1. The SMILES string of the molecule is CCCn1c(O[C@@H]2C[C@H]3C(=O)C[C@]4(C(=O)NS(=O)(=O)N(C)C)C[C@H]4/C=C\CCCCC[C@H](N)C(=O)N3C2)nc2ccccc21. The summed E-state index contributed by atoms with van der Waals surface area (Å²) in [7, 11) is -1.39. The number of carbonyl (C=O) groups is 3. The first kappa shape index (κ1) is 32.1. The molecule has 2 aromatic rings. The molecule has 5 atom stereocenters. The van der Waals surface area contributed by atoms with Gasteiger partial charge in [0.05, 0.1) is 35.1 Å². The Morgan fingerprint density at radius 1 is 1.20 bits per heavy atom. The van der Waals surface area contributed by atoms with Gasteiger partial charge in [0, 0.05) is 33.5 Å². The Balaban J connectivity index is 1.43. The van der Waals surface area contributed by atoms with Gasteiger partial charge >= 0.3 is 10.2 Å². The van der Waals surface area contributed by atoms with E-state index in [2.05, 4.69) is 11.6 Å². The van der Waals surface area contributed by atoms with Crippen molar-refractivity contribution in [2.45, 2.75) is 89.4 Å². The van der Waals surface area contributed by atoms with E-state index in [4.69, 9.17) is 15.5 Å². The molecule has 0 spiro atoms. The lowest BCUT2D eigenvalue weighted by molar-refractivity contribution is -0.140. The number of hydrogen-bond acceptors (Lipinski definition) is 8. The molecular formula is C31H44N6O6S. The van der Waals surface area contributed by atoms with Crippen molar-refractivity contribution in [2.75, 3.05) is 20.6 Å². The zero-order chi connectivity index (χ0) is 31.6. The minimum absolute atomic E-state index is 0.163. The van der Waals surface area contributed by atoms with Gasteiger partial charge in [-0.1, -0.05) is 44.1 Å². The highest BCUT2D eigenvalue weighted by atomic mass is 32.2. The lowest BCUT2D eigenvalue weighted by Crippen LogP contribution is -2.50. The van der Waals surface area contributed by atoms with E-state index in [1.54, 1.807) is 0 Å². The number of allylic oxidation sites excluding steroid dienone is 2. The van der Waals surface area contributed by atoms with E-state index in [0.717, 1.165) is 47.4 Å². The van der Waals surface area contributed by atoms with Crippen LogP contribution in [0.3, 0.4) is 0 Å². The first-order valence-corrected chi connectivity index (χ1v) is 17.0. The maximum atomic E-state index is 14.1. The molecule has 12 nitrogen and oxygen atoms in total. The Morgan fingerprint density at radius 3 is 2.73 bits per heavy atom. The van der Waals surface area contributed by atoms with Gasteiger partial charge < -0.3 is 15.4 Å². The lowest BCUT2D eigenvalue weighted by atomic mass is 9.91. The second kappa shape index (κ2) is 13.0. The van der Waals surface area contributed by atoms with Crippen molar-refractivity contribution in [3.63, 3.8) is 0 Å². The first-order chi connectivity index (χ1) is 21.0. The smallest absolute Gasteiger partial charge is 0.303 e. The van der Waals surface area contributed by atoms with Crippen molar-refractivity contribution in [3.05, 3.63) is 36.4 Å². The average Bonchev–Trinajstić information content (AvgIpc) is 3.33. The number of nitrogens with two attached hydrogens (primary N) is 1. The Labute approximate surface area is 259 Å². The molecule has 1 aromatic heterocycles. The molecule has 2 amide bonds. The number of hydrogen-bond donors (Lipinski definition) is 2. The molecule has 0 bridgehead atoms. The zero-order valence-corrected chi connectivity index (χ0v) is 26.6. The number of benzene rings is 1. The third kappa shape index (κ3) is 6.54. The first-order valence-electron chi connectivity index (χ1n) is 15.6. The van der Waals surface area contributed by atoms with Crippen LogP contribution >= 0.6 is 0 Å². The predicted octanol–water partition coefficient (Wildman–Crippen LogP) is 2.53. The number of aryl methyl sites for hydroxylation is 1. The van der Waals surface area contributed by atoms with E-state index in [-0.39, 0.29) is 37.0 Å². The molecule has 3 aliphatic rings. The number of fused-ring (bicyclic) bond motifs is 3. The predicted molar refractivity (Wildman–Crippen MR) is 166 cm³/mol. The van der Waals surface area contributed by atoms with Crippen molar-refractivity contribution >= 4 is 38.8 Å². The van der Waals surface area contributed by atoms with Gasteiger partial charge in [-0.3, -0.25) is 19.0 Å². The van der Waals surface area contributed by atoms with Crippen LogP contribution in [-0.4, -0.2) is 83.6 Å². The number of aromatic nitrogens is 2. The minimum atomic E-state index is -4.05. The van der Waals surface area contributed by atoms with E-state index < -0.39 is 39.7 Å². The molecule has 1 aliphatic carbocycles. The van der Waals surface area contributed by atoms with Crippen LogP contribution in [-0.2, 0) is 31.1 Å². The number of nitrogens with zero attached hydrogens (tertiary/aromatic N) is 4. The third-order valence-electron chi connectivity index (χ3n) is 9.11. The highest BCUT2D eigenvalue weighted by Crippen LogP contribution is 2.57. The molecular weight excluding hydrogens is 584 g/mol. The highest BCUT2D eigenvalue weighted by Gasteiger charge is 2.61. The number of nitrogens with one attached hydrogen (secondary N) is 1. The van der Waals surface area contributed by atoms with Gasteiger partial charge in [-0.15, -0.1) is 0 Å². The van der Waals surface area contributed by atoms with Crippen LogP contribution in [0.5, 0.6) is 6.01 Å². The standard InChI is InChI=1S/C31H44N6O6S/c1-4-16-36-25-15-11-10-14-24(25)33-30(36)43-22-17-26-27(38)19-31(29(40)34-44(41,42)35(2)3)18-21(31)12-8-6-5-7-9-13-23(32)28(39)37(26)20-22/h8,10-12,14-15,21-23,26H,4-7,9,13,16-20,32H2,1-3H3,(H,34,40)/b12-8-/t21-,22-,23+,26+,31-/m1/s1. The fourth-order valence-corrected chi connectivity index (χ4v) is 7.05. The quantitative estimate of drug-likeness (QED) is 0.443. The molecule has 5 rings (SSSR count). The molecule has 2 fully saturated rings. The van der Waals surface area contributed by atoms with Crippen LogP contribution in [0.15, 0.2) is 36.4 Å². The molecule has 2 aliphatic heterocycles. The zero-order valence-electron chi connectivity index (χ0n) is 25.8. The summed E-state index contributed by atoms with van der Waals surface area (Å²) in [6, 6.07) is 6.58. The van der Waals surface area contributed by atoms with Crippen LogP contribution in [0.25, 0.3) is 11.0 Å². The number of ketones is 1. The molecule has 1 saturated heterocycles. The number of Topliss-reactive ketones (excluding diaryl/α,β-unsaturated/α-hetero) is 1. The molecule has 0 radical (unpaired) electrons. The molecule has 0 unspecified atom stereocenters. The minimum Gasteiger partial charge on any atom is -0.459 e. The van der Waals surface area contributed by atoms with E-state index in [9.17, 15) is 22.8 Å². The monoisotopic (exact) mass is 628 g/mol. The molecule has 240 valence electrons. The fourth-order valence-electron chi connectivity index (χ4n) is 6.43. The largest absolute Gasteiger partial charge is 0.459 e. The summed E-state index contributed by atoms with van der Waals surface area (Å²) in [5, 5.41) is 0. The molecule has 13 heteroatoms. The van der Waals surface area contributed by atoms with Gasteiger partial charge in [-0.25, -0.2) is 4.72 Å². The van der Waals surface area contributed by atoms with Gasteiger partial charge in [0.2, 0.25) is 11.8 Å². The number of imidazole rings is 1. The average molecular weight is 629 g/mol. The summed E-state index contributed by atoms with van der Waals surface area (Å²) in [4.78, 5) is 47.4. The van der Waals surface area contributed by atoms with Gasteiger partial charge in [-0.2, -0.15) is 17.7 Å². The van der Waals surface area contributed by atoms with Crippen molar-refractivity contribution in [2.24, 2.45) is 17.1 Å². The second-order valence-electron chi connectivity index (χ2n) is 12.5. The van der Waals surface area contributed by atoms with E-state index >= 15 is 0 Å². The Hall–Kier alpha value is -3.29. The fraction of sp³-hybridized carbons (Fsp3) is 0.613. The number of para-hydroxylation sites is 2. The summed E-state index contributed by atoms with van der Waals surface area (Å²) >= 11 is 0. The molecule has 3 N–H and O–H groups in total. The maximum Gasteiger partial charge on any atom is 0.303 e. The van der Waals surface area contributed by atoms with Crippen LogP contribution in [0.4, 0.5) is 0 Å². The van der Waals surface area contributed by atoms with Crippen molar-refractivity contribution < 1.29 is 27.5 Å².